The smallest absolute Gasteiger partial charge is 0.343 e. The van der Waals surface area contributed by atoms with Gasteiger partial charge in [-0.15, -0.1) is 0 Å². The first-order valence-electron chi connectivity index (χ1n) is 8.50. The Kier molecular flexibility index (Phi) is 7.49. The fourth-order valence-electron chi connectivity index (χ4n) is 2.50. The van der Waals surface area contributed by atoms with Crippen molar-refractivity contribution in [1.29, 1.82) is 0 Å². The maximum atomic E-state index is 14.0. The zero-order valence-corrected chi connectivity index (χ0v) is 17.0. The maximum Gasteiger partial charge on any atom is 0.343 e. The fraction of sp³-hybridized carbons (Fsp3) is 0.389. The topological polar surface area (TPSA) is 76.5 Å². The summed E-state index contributed by atoms with van der Waals surface area (Å²) in [6, 6.07) is 4.70. The Balaban J connectivity index is 2.07. The van der Waals surface area contributed by atoms with Crippen LogP contribution < -0.4 is 5.32 Å². The molecule has 146 valence electrons. The second-order valence-corrected chi connectivity index (χ2v) is 6.75. The minimum absolute atomic E-state index is 0.0376. The second-order valence-electron chi connectivity index (χ2n) is 5.84. The number of benzene rings is 1. The third-order valence-electron chi connectivity index (χ3n) is 3.91. The van der Waals surface area contributed by atoms with Gasteiger partial charge >= 0.3 is 5.97 Å². The molecule has 0 unspecified atom stereocenters. The third kappa shape index (κ3) is 5.61. The van der Waals surface area contributed by atoms with Crippen LogP contribution in [0.15, 0.2) is 28.9 Å². The van der Waals surface area contributed by atoms with Crippen LogP contribution in [-0.4, -0.2) is 46.3 Å². The largest absolute Gasteiger partial charge is 0.462 e. The van der Waals surface area contributed by atoms with Gasteiger partial charge in [0.1, 0.15) is 17.2 Å². The zero-order chi connectivity index (χ0) is 20.0. The Hall–Kier alpha value is -2.26. The van der Waals surface area contributed by atoms with Gasteiger partial charge in [0.2, 0.25) is 5.91 Å². The van der Waals surface area contributed by atoms with Crippen LogP contribution in [0.25, 0.3) is 0 Å². The van der Waals surface area contributed by atoms with Crippen molar-refractivity contribution in [1.82, 2.24) is 14.7 Å². The van der Waals surface area contributed by atoms with Gasteiger partial charge in [-0.25, -0.2) is 9.18 Å². The number of nitrogens with one attached hydrogen (secondary N) is 1. The van der Waals surface area contributed by atoms with Crippen molar-refractivity contribution in [2.24, 2.45) is 7.05 Å². The first kappa shape index (κ1) is 21.0. The number of halogens is 2. The molecule has 0 saturated carbocycles. The highest BCUT2D eigenvalue weighted by molar-refractivity contribution is 9.10. The number of hydrogen-bond acceptors (Lipinski definition) is 5. The summed E-state index contributed by atoms with van der Waals surface area (Å²) in [5, 5.41) is 6.68. The number of esters is 1. The van der Waals surface area contributed by atoms with E-state index in [1.54, 1.807) is 31.0 Å². The minimum atomic E-state index is -0.551. The minimum Gasteiger partial charge on any atom is -0.462 e. The molecule has 7 nitrogen and oxygen atoms in total. The van der Waals surface area contributed by atoms with Crippen molar-refractivity contribution in [3.8, 4) is 0 Å². The summed E-state index contributed by atoms with van der Waals surface area (Å²) >= 11 is 3.32. The van der Waals surface area contributed by atoms with E-state index in [1.165, 1.54) is 16.9 Å². The lowest BCUT2D eigenvalue weighted by molar-refractivity contribution is -0.117. The van der Waals surface area contributed by atoms with E-state index < -0.39 is 5.97 Å². The molecule has 0 atom stereocenters. The molecule has 1 aromatic heterocycles. The van der Waals surface area contributed by atoms with Crippen LogP contribution in [-0.2, 0) is 23.1 Å². The molecule has 9 heteroatoms. The number of rotatable bonds is 8. The molecule has 0 radical (unpaired) electrons. The normalized spacial score (nSPS) is 10.9. The van der Waals surface area contributed by atoms with Crippen LogP contribution in [0.4, 0.5) is 10.2 Å². The standard InChI is InChI=1S/C18H22BrFN4O3/c1-4-24(10-12-8-13(19)6-7-15(12)20)11-16(25)22-17-14(9-21-23(17)3)18(26)27-5-2/h6-9H,4-5,10-11H2,1-3H3,(H,22,25). The second kappa shape index (κ2) is 9.61. The third-order valence-corrected chi connectivity index (χ3v) is 4.40. The number of aryl methyl sites for hydroxylation is 1. The number of ether oxygens (including phenoxy) is 1. The Bertz CT molecular complexity index is 825. The van der Waals surface area contributed by atoms with Crippen molar-refractivity contribution in [3.05, 3.63) is 45.8 Å². The molecule has 0 spiro atoms. The van der Waals surface area contributed by atoms with E-state index in [0.29, 0.717) is 12.1 Å². The predicted molar refractivity (Wildman–Crippen MR) is 103 cm³/mol. The Morgan fingerprint density at radius 2 is 2.11 bits per heavy atom. The van der Waals surface area contributed by atoms with Crippen LogP contribution in [0.5, 0.6) is 0 Å². The van der Waals surface area contributed by atoms with Gasteiger partial charge in [-0.1, -0.05) is 22.9 Å². The predicted octanol–water partition coefficient (Wildman–Crippen LogP) is 2.96. The molecule has 0 aliphatic heterocycles. The van der Waals surface area contributed by atoms with E-state index in [4.69, 9.17) is 4.74 Å². The average Bonchev–Trinajstić information content (AvgIpc) is 2.98. The molecule has 2 rings (SSSR count). The molecule has 2 aromatic rings. The SMILES string of the molecule is CCOC(=O)c1cnn(C)c1NC(=O)CN(CC)Cc1cc(Br)ccc1F. The van der Waals surface area contributed by atoms with E-state index >= 15 is 0 Å². The first-order chi connectivity index (χ1) is 12.8. The molecule has 1 amide bonds. The van der Waals surface area contributed by atoms with E-state index in [1.807, 2.05) is 6.92 Å². The highest BCUT2D eigenvalue weighted by atomic mass is 79.9. The summed E-state index contributed by atoms with van der Waals surface area (Å²) in [6.45, 7) is 4.68. The Labute approximate surface area is 165 Å². The number of anilines is 1. The Morgan fingerprint density at radius 1 is 1.37 bits per heavy atom. The first-order valence-corrected chi connectivity index (χ1v) is 9.30. The summed E-state index contributed by atoms with van der Waals surface area (Å²) in [5.74, 6) is -0.942. The van der Waals surface area contributed by atoms with Crippen molar-refractivity contribution in [2.45, 2.75) is 20.4 Å². The molecule has 27 heavy (non-hydrogen) atoms. The number of likely N-dealkylation sites (N-methyl/N-ethyl adjacent to an activating group) is 1. The van der Waals surface area contributed by atoms with Crippen LogP contribution in [0.1, 0.15) is 29.8 Å². The molecular formula is C18H22BrFN4O3. The molecule has 1 heterocycles. The van der Waals surface area contributed by atoms with Crippen molar-refractivity contribution in [2.75, 3.05) is 25.0 Å². The highest BCUT2D eigenvalue weighted by Crippen LogP contribution is 2.18. The number of amides is 1. The highest BCUT2D eigenvalue weighted by Gasteiger charge is 2.20. The van der Waals surface area contributed by atoms with Crippen LogP contribution in [0, 0.1) is 5.82 Å². The van der Waals surface area contributed by atoms with Gasteiger partial charge in [0.05, 0.1) is 19.3 Å². The van der Waals surface area contributed by atoms with Crippen molar-refractivity contribution >= 4 is 33.6 Å². The molecule has 1 N–H and O–H groups in total. The monoisotopic (exact) mass is 440 g/mol. The molecule has 0 fully saturated rings. The van der Waals surface area contributed by atoms with Gasteiger partial charge < -0.3 is 10.1 Å². The summed E-state index contributed by atoms with van der Waals surface area (Å²) in [6.07, 6.45) is 1.35. The van der Waals surface area contributed by atoms with Gasteiger partial charge in [0.25, 0.3) is 0 Å². The van der Waals surface area contributed by atoms with Gasteiger partial charge in [0, 0.05) is 23.6 Å². The fourth-order valence-corrected chi connectivity index (χ4v) is 2.91. The molecular weight excluding hydrogens is 419 g/mol. The van der Waals surface area contributed by atoms with Crippen LogP contribution in [0.3, 0.4) is 0 Å². The van der Waals surface area contributed by atoms with Gasteiger partial charge in [-0.05, 0) is 31.7 Å². The average molecular weight is 441 g/mol. The number of nitrogens with zero attached hydrogens (tertiary/aromatic N) is 3. The molecule has 0 aliphatic carbocycles. The summed E-state index contributed by atoms with van der Waals surface area (Å²) in [4.78, 5) is 26.2. The van der Waals surface area contributed by atoms with Gasteiger partial charge in [0.15, 0.2) is 0 Å². The number of carbonyl (C=O) groups excluding carboxylic acids is 2. The molecule has 1 aromatic carbocycles. The lowest BCUT2D eigenvalue weighted by atomic mass is 10.2. The van der Waals surface area contributed by atoms with E-state index in [9.17, 15) is 14.0 Å². The summed E-state index contributed by atoms with van der Waals surface area (Å²) < 4.78 is 21.1. The van der Waals surface area contributed by atoms with Crippen LogP contribution in [0.2, 0.25) is 0 Å². The molecule has 0 bridgehead atoms. The molecule has 0 saturated heterocycles. The van der Waals surface area contributed by atoms with Gasteiger partial charge in [-0.3, -0.25) is 14.4 Å². The quantitative estimate of drug-likeness (QED) is 0.638. The van der Waals surface area contributed by atoms with E-state index in [-0.39, 0.29) is 42.8 Å². The van der Waals surface area contributed by atoms with Crippen LogP contribution >= 0.6 is 15.9 Å². The maximum absolute atomic E-state index is 14.0. The van der Waals surface area contributed by atoms with Gasteiger partial charge in [-0.2, -0.15) is 5.10 Å². The zero-order valence-electron chi connectivity index (χ0n) is 15.5. The molecule has 0 aliphatic rings. The summed E-state index contributed by atoms with van der Waals surface area (Å²) in [5.41, 5.74) is 0.681. The number of hydrogen-bond donors (Lipinski definition) is 1. The number of aromatic nitrogens is 2. The lowest BCUT2D eigenvalue weighted by Crippen LogP contribution is -2.33. The lowest BCUT2D eigenvalue weighted by Gasteiger charge is -2.20. The van der Waals surface area contributed by atoms with E-state index in [0.717, 1.165) is 4.47 Å². The summed E-state index contributed by atoms with van der Waals surface area (Å²) in [7, 11) is 1.62. The van der Waals surface area contributed by atoms with Crippen molar-refractivity contribution < 1.29 is 18.7 Å². The van der Waals surface area contributed by atoms with E-state index in [2.05, 4.69) is 26.3 Å². The number of carbonyl (C=O) groups is 2. The van der Waals surface area contributed by atoms with Crippen molar-refractivity contribution in [3.63, 3.8) is 0 Å². The Morgan fingerprint density at radius 3 is 2.78 bits per heavy atom.